The minimum atomic E-state index is -0.465. The Morgan fingerprint density at radius 1 is 1.12 bits per heavy atom. The van der Waals surface area contributed by atoms with Gasteiger partial charge in [0.1, 0.15) is 18.1 Å². The van der Waals surface area contributed by atoms with Crippen molar-refractivity contribution in [2.45, 2.75) is 6.61 Å². The van der Waals surface area contributed by atoms with Crippen LogP contribution in [0.25, 0.3) is 6.08 Å². The summed E-state index contributed by atoms with van der Waals surface area (Å²) in [6.45, 7) is 0.260. The van der Waals surface area contributed by atoms with Crippen molar-refractivity contribution in [3.05, 3.63) is 65.1 Å². The Morgan fingerprint density at radius 3 is 2.46 bits per heavy atom. The van der Waals surface area contributed by atoms with Crippen LogP contribution in [0.1, 0.15) is 11.1 Å². The molecule has 2 aromatic rings. The van der Waals surface area contributed by atoms with Gasteiger partial charge in [0.15, 0.2) is 11.5 Å². The number of carbonyl (C=O) groups is 2. The number of amides is 3. The molecule has 3 amide bonds. The highest BCUT2D eigenvalue weighted by Crippen LogP contribution is 2.30. The number of benzene rings is 2. The van der Waals surface area contributed by atoms with Gasteiger partial charge in [-0.1, -0.05) is 18.2 Å². The summed E-state index contributed by atoms with van der Waals surface area (Å²) in [5.41, 5.74) is 1.69. The number of carbonyl (C=O) groups excluding carboxylic acids is 2. The van der Waals surface area contributed by atoms with Crippen molar-refractivity contribution in [1.82, 2.24) is 10.2 Å². The van der Waals surface area contributed by atoms with Gasteiger partial charge in [-0.15, -0.1) is 0 Å². The van der Waals surface area contributed by atoms with Gasteiger partial charge < -0.3 is 14.8 Å². The van der Waals surface area contributed by atoms with E-state index in [1.54, 1.807) is 36.4 Å². The lowest BCUT2D eigenvalue weighted by Gasteiger charge is -2.11. The van der Waals surface area contributed by atoms with Crippen LogP contribution in [0.2, 0.25) is 0 Å². The van der Waals surface area contributed by atoms with E-state index in [1.807, 2.05) is 0 Å². The number of halogens is 1. The van der Waals surface area contributed by atoms with Crippen molar-refractivity contribution in [1.29, 1.82) is 0 Å². The second kappa shape index (κ2) is 7.26. The van der Waals surface area contributed by atoms with Crippen LogP contribution in [0.15, 0.2) is 48.2 Å². The first-order valence-electron chi connectivity index (χ1n) is 7.84. The van der Waals surface area contributed by atoms with Crippen molar-refractivity contribution in [3.63, 3.8) is 0 Å². The van der Waals surface area contributed by atoms with Crippen molar-refractivity contribution in [2.24, 2.45) is 0 Å². The molecule has 0 bridgehead atoms. The average molecular weight is 356 g/mol. The van der Waals surface area contributed by atoms with E-state index in [-0.39, 0.29) is 18.1 Å². The summed E-state index contributed by atoms with van der Waals surface area (Å²) in [6, 6.07) is 10.7. The molecule has 1 aliphatic heterocycles. The second-order valence-corrected chi connectivity index (χ2v) is 5.68. The highest BCUT2D eigenvalue weighted by molar-refractivity contribution is 6.13. The smallest absolute Gasteiger partial charge is 0.328 e. The third-order valence-electron chi connectivity index (χ3n) is 3.89. The van der Waals surface area contributed by atoms with Crippen LogP contribution in [-0.2, 0) is 11.4 Å². The molecular formula is C19H17FN2O4. The summed E-state index contributed by atoms with van der Waals surface area (Å²) in [5.74, 6) is 0.290. The van der Waals surface area contributed by atoms with E-state index in [0.29, 0.717) is 17.1 Å². The second-order valence-electron chi connectivity index (χ2n) is 5.68. The van der Waals surface area contributed by atoms with Crippen molar-refractivity contribution in [3.8, 4) is 11.5 Å². The van der Waals surface area contributed by atoms with Crippen LogP contribution in [-0.4, -0.2) is 31.0 Å². The fourth-order valence-corrected chi connectivity index (χ4v) is 2.42. The van der Waals surface area contributed by atoms with Gasteiger partial charge in [0.2, 0.25) is 0 Å². The summed E-state index contributed by atoms with van der Waals surface area (Å²) in [7, 11) is 2.92. The van der Waals surface area contributed by atoms with E-state index in [1.165, 1.54) is 26.3 Å². The fraction of sp³-hybridized carbons (Fsp3) is 0.158. The number of nitrogens with zero attached hydrogens (tertiary/aromatic N) is 1. The third kappa shape index (κ3) is 3.66. The maximum absolute atomic E-state index is 12.9. The quantitative estimate of drug-likeness (QED) is 0.661. The van der Waals surface area contributed by atoms with E-state index in [2.05, 4.69) is 5.32 Å². The molecule has 26 heavy (non-hydrogen) atoms. The van der Waals surface area contributed by atoms with E-state index in [0.717, 1.165) is 10.5 Å². The van der Waals surface area contributed by atoms with Crippen LogP contribution in [0.3, 0.4) is 0 Å². The summed E-state index contributed by atoms with van der Waals surface area (Å²) in [5, 5.41) is 2.50. The normalized spacial score (nSPS) is 15.3. The molecule has 6 nitrogen and oxygen atoms in total. The van der Waals surface area contributed by atoms with Gasteiger partial charge in [-0.3, -0.25) is 9.69 Å². The Balaban J connectivity index is 1.76. The predicted molar refractivity (Wildman–Crippen MR) is 93.0 cm³/mol. The molecule has 1 fully saturated rings. The molecule has 1 saturated heterocycles. The molecule has 0 spiro atoms. The zero-order valence-electron chi connectivity index (χ0n) is 14.3. The molecule has 0 aromatic heterocycles. The summed E-state index contributed by atoms with van der Waals surface area (Å²) in [6.07, 6.45) is 1.57. The number of likely N-dealkylation sites (N-methyl/N-ethyl adjacent to an activating group) is 1. The Bertz CT molecular complexity index is 878. The number of hydrogen-bond donors (Lipinski definition) is 1. The Kier molecular flexibility index (Phi) is 4.88. The van der Waals surface area contributed by atoms with Crippen LogP contribution < -0.4 is 14.8 Å². The molecule has 0 atom stereocenters. The van der Waals surface area contributed by atoms with Crippen LogP contribution in [0.5, 0.6) is 11.5 Å². The zero-order chi connectivity index (χ0) is 18.7. The number of ether oxygens (including phenoxy) is 2. The molecule has 134 valence electrons. The van der Waals surface area contributed by atoms with E-state index in [9.17, 15) is 14.0 Å². The Morgan fingerprint density at radius 2 is 1.85 bits per heavy atom. The minimum absolute atomic E-state index is 0.194. The van der Waals surface area contributed by atoms with Crippen molar-refractivity contribution >= 4 is 18.0 Å². The largest absolute Gasteiger partial charge is 0.493 e. The number of nitrogens with one attached hydrogen (secondary N) is 1. The van der Waals surface area contributed by atoms with Gasteiger partial charge >= 0.3 is 6.03 Å². The molecule has 1 N–H and O–H groups in total. The molecule has 7 heteroatoms. The average Bonchev–Trinajstić information content (AvgIpc) is 2.88. The first kappa shape index (κ1) is 17.5. The van der Waals surface area contributed by atoms with Gasteiger partial charge in [0, 0.05) is 7.05 Å². The lowest BCUT2D eigenvalue weighted by Crippen LogP contribution is -2.25. The highest BCUT2D eigenvalue weighted by atomic mass is 19.1. The lowest BCUT2D eigenvalue weighted by atomic mass is 10.1. The number of imide groups is 1. The molecule has 3 rings (SSSR count). The summed E-state index contributed by atoms with van der Waals surface area (Å²) >= 11 is 0. The number of urea groups is 1. The van der Waals surface area contributed by atoms with Crippen LogP contribution >= 0.6 is 0 Å². The fourth-order valence-electron chi connectivity index (χ4n) is 2.42. The SMILES string of the molecule is COc1cc(/C=C2/NC(=O)N(C)C2=O)ccc1OCc1ccc(F)cc1. The van der Waals surface area contributed by atoms with E-state index < -0.39 is 11.9 Å². The molecule has 0 unspecified atom stereocenters. The van der Waals surface area contributed by atoms with Crippen LogP contribution in [0, 0.1) is 5.82 Å². The predicted octanol–water partition coefficient (Wildman–Crippen LogP) is 2.94. The van der Waals surface area contributed by atoms with Gasteiger partial charge in [-0.05, 0) is 41.5 Å². The number of hydrogen-bond acceptors (Lipinski definition) is 4. The highest BCUT2D eigenvalue weighted by Gasteiger charge is 2.29. The first-order valence-corrected chi connectivity index (χ1v) is 7.84. The Labute approximate surface area is 149 Å². The van der Waals surface area contributed by atoms with E-state index >= 15 is 0 Å². The van der Waals surface area contributed by atoms with Crippen molar-refractivity contribution in [2.75, 3.05) is 14.2 Å². The topological polar surface area (TPSA) is 67.9 Å². The molecule has 1 aliphatic rings. The standard InChI is InChI=1S/C19H17FN2O4/c1-22-18(23)15(21-19(22)24)9-13-5-8-16(17(10-13)25-2)26-11-12-3-6-14(20)7-4-12/h3-10H,11H2,1-2H3,(H,21,24)/b15-9+. The van der Waals surface area contributed by atoms with Gasteiger partial charge in [-0.2, -0.15) is 0 Å². The van der Waals surface area contributed by atoms with Gasteiger partial charge in [0.05, 0.1) is 7.11 Å². The number of methoxy groups -OCH3 is 1. The monoisotopic (exact) mass is 356 g/mol. The zero-order valence-corrected chi connectivity index (χ0v) is 14.3. The van der Waals surface area contributed by atoms with Gasteiger partial charge in [0.25, 0.3) is 5.91 Å². The lowest BCUT2D eigenvalue weighted by molar-refractivity contribution is -0.121. The van der Waals surface area contributed by atoms with Gasteiger partial charge in [-0.25, -0.2) is 9.18 Å². The first-order chi connectivity index (χ1) is 12.5. The van der Waals surface area contributed by atoms with E-state index in [4.69, 9.17) is 9.47 Å². The maximum atomic E-state index is 12.9. The summed E-state index contributed by atoms with van der Waals surface area (Å²) < 4.78 is 24.0. The molecule has 2 aromatic carbocycles. The summed E-state index contributed by atoms with van der Waals surface area (Å²) in [4.78, 5) is 24.4. The Hall–Kier alpha value is -3.35. The molecule has 0 aliphatic carbocycles. The molecule has 0 radical (unpaired) electrons. The molecular weight excluding hydrogens is 339 g/mol. The molecule has 1 heterocycles. The maximum Gasteiger partial charge on any atom is 0.328 e. The number of rotatable bonds is 5. The molecule has 0 saturated carbocycles. The minimum Gasteiger partial charge on any atom is -0.493 e. The third-order valence-corrected chi connectivity index (χ3v) is 3.89. The van der Waals surface area contributed by atoms with Crippen molar-refractivity contribution < 1.29 is 23.5 Å². The van der Waals surface area contributed by atoms with Crippen LogP contribution in [0.4, 0.5) is 9.18 Å².